The van der Waals surface area contributed by atoms with E-state index in [1.807, 2.05) is 29.3 Å². The van der Waals surface area contributed by atoms with Crippen LogP contribution in [0.1, 0.15) is 17.3 Å². The SMILES string of the molecule is COCC1CN(C(=O)Cc2ccc3c(c2)OCO3)Cc2cncn21. The maximum atomic E-state index is 12.7. The topological polar surface area (TPSA) is 65.8 Å². The fourth-order valence-corrected chi connectivity index (χ4v) is 3.24. The van der Waals surface area contributed by atoms with Gasteiger partial charge in [0, 0.05) is 19.9 Å². The number of ether oxygens (including phenoxy) is 3. The normalized spacial score (nSPS) is 18.5. The van der Waals surface area contributed by atoms with E-state index in [-0.39, 0.29) is 18.7 Å². The number of fused-ring (bicyclic) bond motifs is 2. The molecule has 1 unspecified atom stereocenters. The number of methoxy groups -OCH3 is 1. The van der Waals surface area contributed by atoms with Gasteiger partial charge in [-0.2, -0.15) is 0 Å². The van der Waals surface area contributed by atoms with Crippen LogP contribution in [0.5, 0.6) is 11.5 Å². The lowest BCUT2D eigenvalue weighted by molar-refractivity contribution is -0.132. The second-order valence-corrected chi connectivity index (χ2v) is 6.04. The Morgan fingerprint density at radius 1 is 1.38 bits per heavy atom. The summed E-state index contributed by atoms with van der Waals surface area (Å²) in [6.45, 7) is 1.99. The van der Waals surface area contributed by atoms with Crippen molar-refractivity contribution in [2.75, 3.05) is 27.1 Å². The van der Waals surface area contributed by atoms with Crippen molar-refractivity contribution < 1.29 is 19.0 Å². The molecule has 126 valence electrons. The molecule has 0 bridgehead atoms. The van der Waals surface area contributed by atoms with Crippen molar-refractivity contribution in [1.82, 2.24) is 14.5 Å². The Balaban J connectivity index is 1.49. The van der Waals surface area contributed by atoms with Crippen molar-refractivity contribution in [3.63, 3.8) is 0 Å². The number of amides is 1. The zero-order chi connectivity index (χ0) is 16.5. The molecule has 1 aromatic heterocycles. The molecule has 2 aromatic rings. The van der Waals surface area contributed by atoms with Crippen molar-refractivity contribution >= 4 is 5.91 Å². The zero-order valence-corrected chi connectivity index (χ0v) is 13.5. The molecule has 0 spiro atoms. The molecule has 1 amide bonds. The standard InChI is InChI=1S/C17H19N3O4/c1-22-9-14-8-19(7-13-6-18-10-20(13)14)17(21)5-12-2-3-15-16(4-12)24-11-23-15/h2-4,6,10,14H,5,7-9,11H2,1H3. The fourth-order valence-electron chi connectivity index (χ4n) is 3.24. The Kier molecular flexibility index (Phi) is 3.86. The number of rotatable bonds is 4. The first-order valence-electron chi connectivity index (χ1n) is 7.90. The van der Waals surface area contributed by atoms with Gasteiger partial charge in [0.2, 0.25) is 12.7 Å². The Labute approximate surface area is 139 Å². The van der Waals surface area contributed by atoms with Crippen LogP contribution in [0.15, 0.2) is 30.7 Å². The average molecular weight is 329 g/mol. The molecule has 7 heteroatoms. The molecule has 1 aromatic carbocycles. The monoisotopic (exact) mass is 329 g/mol. The molecule has 7 nitrogen and oxygen atoms in total. The van der Waals surface area contributed by atoms with Crippen LogP contribution in [-0.4, -0.2) is 47.4 Å². The lowest BCUT2D eigenvalue weighted by Gasteiger charge is -2.34. The summed E-state index contributed by atoms with van der Waals surface area (Å²) in [6.07, 6.45) is 3.95. The zero-order valence-electron chi connectivity index (χ0n) is 13.5. The number of carbonyl (C=O) groups is 1. The maximum Gasteiger partial charge on any atom is 0.231 e. The molecule has 4 rings (SSSR count). The first kappa shape index (κ1) is 15.0. The molecular formula is C17H19N3O4. The van der Waals surface area contributed by atoms with E-state index in [0.717, 1.165) is 17.0 Å². The van der Waals surface area contributed by atoms with Crippen LogP contribution < -0.4 is 9.47 Å². The van der Waals surface area contributed by atoms with Crippen molar-refractivity contribution in [2.45, 2.75) is 19.0 Å². The fraction of sp³-hybridized carbons (Fsp3) is 0.412. The van der Waals surface area contributed by atoms with Gasteiger partial charge in [0.15, 0.2) is 11.5 Å². The van der Waals surface area contributed by atoms with Crippen LogP contribution >= 0.6 is 0 Å². The number of hydrogen-bond acceptors (Lipinski definition) is 5. The number of hydrogen-bond donors (Lipinski definition) is 0. The molecule has 1 atom stereocenters. The smallest absolute Gasteiger partial charge is 0.231 e. The van der Waals surface area contributed by atoms with E-state index >= 15 is 0 Å². The molecule has 2 aliphatic rings. The third-order valence-electron chi connectivity index (χ3n) is 4.43. The molecule has 0 fully saturated rings. The molecule has 2 aliphatic heterocycles. The minimum absolute atomic E-state index is 0.0856. The number of benzene rings is 1. The van der Waals surface area contributed by atoms with E-state index in [1.54, 1.807) is 13.4 Å². The van der Waals surface area contributed by atoms with Crippen LogP contribution in [0, 0.1) is 0 Å². The van der Waals surface area contributed by atoms with Gasteiger partial charge in [0.1, 0.15) is 0 Å². The summed E-state index contributed by atoms with van der Waals surface area (Å²) in [6, 6.07) is 5.74. The van der Waals surface area contributed by atoms with Gasteiger partial charge in [-0.15, -0.1) is 0 Å². The second kappa shape index (κ2) is 6.16. The largest absolute Gasteiger partial charge is 0.454 e. The molecule has 0 saturated carbocycles. The maximum absolute atomic E-state index is 12.7. The van der Waals surface area contributed by atoms with Crippen molar-refractivity contribution in [2.24, 2.45) is 0 Å². The molecule has 3 heterocycles. The highest BCUT2D eigenvalue weighted by atomic mass is 16.7. The van der Waals surface area contributed by atoms with Crippen LogP contribution in [0.4, 0.5) is 0 Å². The first-order valence-corrected chi connectivity index (χ1v) is 7.90. The quantitative estimate of drug-likeness (QED) is 0.848. The van der Waals surface area contributed by atoms with Gasteiger partial charge in [0.05, 0.1) is 37.6 Å². The van der Waals surface area contributed by atoms with Crippen LogP contribution in [0.25, 0.3) is 0 Å². The van der Waals surface area contributed by atoms with Crippen LogP contribution in [0.3, 0.4) is 0 Å². The lowest BCUT2D eigenvalue weighted by atomic mass is 10.1. The molecule has 24 heavy (non-hydrogen) atoms. The predicted molar refractivity (Wildman–Crippen MR) is 84.8 cm³/mol. The Morgan fingerprint density at radius 3 is 3.12 bits per heavy atom. The summed E-state index contributed by atoms with van der Waals surface area (Å²) in [7, 11) is 1.67. The van der Waals surface area contributed by atoms with E-state index in [4.69, 9.17) is 14.2 Å². The van der Waals surface area contributed by atoms with E-state index in [2.05, 4.69) is 9.55 Å². The second-order valence-electron chi connectivity index (χ2n) is 6.04. The average Bonchev–Trinajstić information content (AvgIpc) is 3.23. The van der Waals surface area contributed by atoms with E-state index in [9.17, 15) is 4.79 Å². The third kappa shape index (κ3) is 2.71. The lowest BCUT2D eigenvalue weighted by Crippen LogP contribution is -2.42. The number of nitrogens with zero attached hydrogens (tertiary/aromatic N) is 3. The Bertz CT molecular complexity index is 758. The summed E-state index contributed by atoms with van der Waals surface area (Å²) in [5, 5.41) is 0. The Hall–Kier alpha value is -2.54. The van der Waals surface area contributed by atoms with Crippen molar-refractivity contribution in [3.8, 4) is 11.5 Å². The van der Waals surface area contributed by atoms with Crippen molar-refractivity contribution in [1.29, 1.82) is 0 Å². The number of aromatic nitrogens is 2. The summed E-state index contributed by atoms with van der Waals surface area (Å²) in [5.74, 6) is 1.52. The summed E-state index contributed by atoms with van der Waals surface area (Å²) in [5.41, 5.74) is 1.95. The van der Waals surface area contributed by atoms with E-state index in [0.29, 0.717) is 31.9 Å². The summed E-state index contributed by atoms with van der Waals surface area (Å²) < 4.78 is 18.1. The predicted octanol–water partition coefficient (Wildman–Crippen LogP) is 1.38. The van der Waals surface area contributed by atoms with Crippen LogP contribution in [-0.2, 0) is 22.5 Å². The van der Waals surface area contributed by atoms with E-state index in [1.165, 1.54) is 0 Å². The number of carbonyl (C=O) groups excluding carboxylic acids is 1. The number of imidazole rings is 1. The third-order valence-corrected chi connectivity index (χ3v) is 4.43. The van der Waals surface area contributed by atoms with Gasteiger partial charge in [-0.05, 0) is 17.7 Å². The molecule has 0 radical (unpaired) electrons. The van der Waals surface area contributed by atoms with E-state index < -0.39 is 0 Å². The van der Waals surface area contributed by atoms with Crippen LogP contribution in [0.2, 0.25) is 0 Å². The minimum Gasteiger partial charge on any atom is -0.454 e. The highest BCUT2D eigenvalue weighted by molar-refractivity contribution is 5.79. The molecule has 0 N–H and O–H groups in total. The highest BCUT2D eigenvalue weighted by Gasteiger charge is 2.28. The summed E-state index contributed by atoms with van der Waals surface area (Å²) in [4.78, 5) is 18.8. The van der Waals surface area contributed by atoms with Gasteiger partial charge >= 0.3 is 0 Å². The minimum atomic E-state index is 0.0856. The first-order chi connectivity index (χ1) is 11.7. The van der Waals surface area contributed by atoms with Gasteiger partial charge in [0.25, 0.3) is 0 Å². The molecule has 0 saturated heterocycles. The van der Waals surface area contributed by atoms with Gasteiger partial charge in [-0.3, -0.25) is 4.79 Å². The molecule has 0 aliphatic carbocycles. The summed E-state index contributed by atoms with van der Waals surface area (Å²) >= 11 is 0. The van der Waals surface area contributed by atoms with Gasteiger partial charge < -0.3 is 23.7 Å². The van der Waals surface area contributed by atoms with Gasteiger partial charge in [-0.1, -0.05) is 6.07 Å². The highest BCUT2D eigenvalue weighted by Crippen LogP contribution is 2.33. The van der Waals surface area contributed by atoms with Gasteiger partial charge in [-0.25, -0.2) is 4.98 Å². The Morgan fingerprint density at radius 2 is 2.25 bits per heavy atom. The molecular weight excluding hydrogens is 310 g/mol. The van der Waals surface area contributed by atoms with Crippen molar-refractivity contribution in [3.05, 3.63) is 42.0 Å².